The highest BCUT2D eigenvalue weighted by molar-refractivity contribution is 6.05. The van der Waals surface area contributed by atoms with Crippen LogP contribution in [-0.2, 0) is 4.79 Å². The summed E-state index contributed by atoms with van der Waals surface area (Å²) in [6, 6.07) is 8.85. The van der Waals surface area contributed by atoms with E-state index in [0.29, 0.717) is 23.5 Å². The van der Waals surface area contributed by atoms with E-state index in [4.69, 9.17) is 0 Å². The van der Waals surface area contributed by atoms with Crippen molar-refractivity contribution in [3.05, 3.63) is 53.9 Å². The Bertz CT molecular complexity index is 755. The third kappa shape index (κ3) is 4.42. The number of nitrogens with zero attached hydrogens (tertiary/aromatic N) is 1. The fourth-order valence-electron chi connectivity index (χ4n) is 2.85. The number of aryl methyl sites for hydroxylation is 1. The minimum atomic E-state index is -0.203. The van der Waals surface area contributed by atoms with Gasteiger partial charge in [-0.2, -0.15) is 0 Å². The minimum Gasteiger partial charge on any atom is -0.326 e. The maximum Gasteiger partial charge on any atom is 0.255 e. The summed E-state index contributed by atoms with van der Waals surface area (Å²) in [5.41, 5.74) is 2.84. The molecule has 1 saturated heterocycles. The van der Waals surface area contributed by atoms with Gasteiger partial charge in [-0.15, -0.1) is 0 Å². The Hall–Kier alpha value is -2.73. The molecule has 3 N–H and O–H groups in total. The van der Waals surface area contributed by atoms with Crippen LogP contribution >= 0.6 is 0 Å². The van der Waals surface area contributed by atoms with Crippen LogP contribution in [0.2, 0.25) is 0 Å². The molecule has 2 amide bonds. The lowest BCUT2D eigenvalue weighted by Gasteiger charge is -2.22. The molecule has 3 rings (SSSR count). The van der Waals surface area contributed by atoms with E-state index in [9.17, 15) is 9.59 Å². The van der Waals surface area contributed by atoms with Gasteiger partial charge in [0.05, 0.1) is 5.92 Å². The smallest absolute Gasteiger partial charge is 0.255 e. The monoisotopic (exact) mass is 338 g/mol. The Morgan fingerprint density at radius 3 is 2.68 bits per heavy atom. The molecule has 1 atom stereocenters. The molecule has 6 nitrogen and oxygen atoms in total. The van der Waals surface area contributed by atoms with Crippen molar-refractivity contribution in [1.29, 1.82) is 0 Å². The molecule has 1 aliphatic heterocycles. The number of nitrogens with one attached hydrogen (secondary N) is 3. The van der Waals surface area contributed by atoms with Gasteiger partial charge in [0.1, 0.15) is 0 Å². The van der Waals surface area contributed by atoms with Crippen LogP contribution < -0.4 is 16.0 Å². The Morgan fingerprint density at radius 1 is 1.16 bits per heavy atom. The quantitative estimate of drug-likeness (QED) is 0.800. The summed E-state index contributed by atoms with van der Waals surface area (Å²) in [5, 5.41) is 9.08. The lowest BCUT2D eigenvalue weighted by molar-refractivity contribution is -0.120. The van der Waals surface area contributed by atoms with E-state index < -0.39 is 0 Å². The molecule has 1 aliphatic rings. The second kappa shape index (κ2) is 7.90. The summed E-state index contributed by atoms with van der Waals surface area (Å²) in [5.74, 6) is -0.196. The summed E-state index contributed by atoms with van der Waals surface area (Å²) >= 11 is 0. The maximum absolute atomic E-state index is 12.4. The number of anilines is 2. The summed E-state index contributed by atoms with van der Waals surface area (Å²) < 4.78 is 0. The lowest BCUT2D eigenvalue weighted by Crippen LogP contribution is -2.37. The predicted octanol–water partition coefficient (Wildman–Crippen LogP) is 2.58. The zero-order valence-corrected chi connectivity index (χ0v) is 14.2. The van der Waals surface area contributed by atoms with Crippen LogP contribution in [0.25, 0.3) is 0 Å². The van der Waals surface area contributed by atoms with E-state index in [2.05, 4.69) is 20.9 Å². The SMILES string of the molecule is Cc1ccc(NC(=O)C2CCCNC2)cc1NC(=O)c1ccncc1. The van der Waals surface area contributed by atoms with Crippen LogP contribution in [0.4, 0.5) is 11.4 Å². The van der Waals surface area contributed by atoms with Crippen LogP contribution in [0.15, 0.2) is 42.7 Å². The summed E-state index contributed by atoms with van der Waals surface area (Å²) in [7, 11) is 0. The van der Waals surface area contributed by atoms with Crippen molar-refractivity contribution in [2.45, 2.75) is 19.8 Å². The second-order valence-electron chi connectivity index (χ2n) is 6.25. The van der Waals surface area contributed by atoms with Gasteiger partial charge >= 0.3 is 0 Å². The van der Waals surface area contributed by atoms with E-state index >= 15 is 0 Å². The molecule has 1 aromatic carbocycles. The van der Waals surface area contributed by atoms with Crippen molar-refractivity contribution in [3.8, 4) is 0 Å². The van der Waals surface area contributed by atoms with Crippen molar-refractivity contribution in [3.63, 3.8) is 0 Å². The van der Waals surface area contributed by atoms with Crippen molar-refractivity contribution in [2.24, 2.45) is 5.92 Å². The van der Waals surface area contributed by atoms with Gasteiger partial charge in [0.15, 0.2) is 0 Å². The number of carbonyl (C=O) groups excluding carboxylic acids is 2. The van der Waals surface area contributed by atoms with Gasteiger partial charge in [0, 0.05) is 35.9 Å². The number of carbonyl (C=O) groups is 2. The van der Waals surface area contributed by atoms with Gasteiger partial charge < -0.3 is 16.0 Å². The van der Waals surface area contributed by atoms with E-state index in [0.717, 1.165) is 24.9 Å². The molecule has 25 heavy (non-hydrogen) atoms. The average Bonchev–Trinajstić information content (AvgIpc) is 2.66. The Morgan fingerprint density at radius 2 is 1.96 bits per heavy atom. The molecule has 0 bridgehead atoms. The Balaban J connectivity index is 1.69. The second-order valence-corrected chi connectivity index (χ2v) is 6.25. The number of amides is 2. The molecule has 0 spiro atoms. The Kier molecular flexibility index (Phi) is 5.40. The van der Waals surface area contributed by atoms with E-state index in [1.165, 1.54) is 0 Å². The standard InChI is InChI=1S/C19H22N4O2/c1-13-4-5-16(22-19(25)15-3-2-8-21-12-15)11-17(13)23-18(24)14-6-9-20-10-7-14/h4-7,9-11,15,21H,2-3,8,12H2,1H3,(H,22,25)(H,23,24). The summed E-state index contributed by atoms with van der Waals surface area (Å²) in [4.78, 5) is 28.6. The first-order chi connectivity index (χ1) is 12.1. The third-order valence-electron chi connectivity index (χ3n) is 4.36. The number of aromatic nitrogens is 1. The van der Waals surface area contributed by atoms with Crippen molar-refractivity contribution in [1.82, 2.24) is 10.3 Å². The molecule has 0 saturated carbocycles. The molecular formula is C19H22N4O2. The molecule has 1 aromatic heterocycles. The highest BCUT2D eigenvalue weighted by Crippen LogP contribution is 2.22. The fourth-order valence-corrected chi connectivity index (χ4v) is 2.85. The fraction of sp³-hybridized carbons (Fsp3) is 0.316. The van der Waals surface area contributed by atoms with E-state index in [1.54, 1.807) is 30.6 Å². The normalized spacial score (nSPS) is 16.9. The molecule has 6 heteroatoms. The van der Waals surface area contributed by atoms with Gasteiger partial charge in [-0.1, -0.05) is 6.07 Å². The van der Waals surface area contributed by atoms with Gasteiger partial charge in [-0.3, -0.25) is 14.6 Å². The van der Waals surface area contributed by atoms with Crippen LogP contribution in [-0.4, -0.2) is 29.9 Å². The number of hydrogen-bond donors (Lipinski definition) is 3. The van der Waals surface area contributed by atoms with E-state index in [1.807, 2.05) is 19.1 Å². The number of rotatable bonds is 4. The summed E-state index contributed by atoms with van der Waals surface area (Å²) in [6.45, 7) is 3.60. The first-order valence-corrected chi connectivity index (χ1v) is 8.47. The highest BCUT2D eigenvalue weighted by Gasteiger charge is 2.21. The number of pyridine rings is 1. The third-order valence-corrected chi connectivity index (χ3v) is 4.36. The zero-order valence-electron chi connectivity index (χ0n) is 14.2. The van der Waals surface area contributed by atoms with Gasteiger partial charge in [0.25, 0.3) is 5.91 Å². The van der Waals surface area contributed by atoms with Crippen LogP contribution in [0.5, 0.6) is 0 Å². The van der Waals surface area contributed by atoms with Crippen molar-refractivity contribution in [2.75, 3.05) is 23.7 Å². The zero-order chi connectivity index (χ0) is 17.6. The van der Waals surface area contributed by atoms with Crippen LogP contribution in [0.1, 0.15) is 28.8 Å². The number of piperidine rings is 1. The number of hydrogen-bond acceptors (Lipinski definition) is 4. The van der Waals surface area contributed by atoms with Gasteiger partial charge in [-0.25, -0.2) is 0 Å². The number of benzene rings is 1. The van der Waals surface area contributed by atoms with Crippen molar-refractivity contribution < 1.29 is 9.59 Å². The lowest BCUT2D eigenvalue weighted by atomic mass is 9.98. The Labute approximate surface area is 147 Å². The molecule has 1 unspecified atom stereocenters. The van der Waals surface area contributed by atoms with Crippen molar-refractivity contribution >= 4 is 23.2 Å². The first kappa shape index (κ1) is 17.1. The molecule has 130 valence electrons. The van der Waals surface area contributed by atoms with Crippen LogP contribution in [0, 0.1) is 12.8 Å². The molecule has 0 aliphatic carbocycles. The van der Waals surface area contributed by atoms with Gasteiger partial charge in [-0.05, 0) is 56.1 Å². The van der Waals surface area contributed by atoms with E-state index in [-0.39, 0.29) is 17.7 Å². The summed E-state index contributed by atoms with van der Waals surface area (Å²) in [6.07, 6.45) is 5.07. The largest absolute Gasteiger partial charge is 0.326 e. The molecule has 1 fully saturated rings. The van der Waals surface area contributed by atoms with Crippen LogP contribution in [0.3, 0.4) is 0 Å². The highest BCUT2D eigenvalue weighted by atomic mass is 16.2. The predicted molar refractivity (Wildman–Crippen MR) is 97.6 cm³/mol. The minimum absolute atomic E-state index is 0.00934. The topological polar surface area (TPSA) is 83.1 Å². The molecule has 2 heterocycles. The van der Waals surface area contributed by atoms with Gasteiger partial charge in [0.2, 0.25) is 5.91 Å². The maximum atomic E-state index is 12.4. The average molecular weight is 338 g/mol. The molecular weight excluding hydrogens is 316 g/mol. The molecule has 0 radical (unpaired) electrons. The first-order valence-electron chi connectivity index (χ1n) is 8.47. The molecule has 2 aromatic rings.